The summed E-state index contributed by atoms with van der Waals surface area (Å²) in [5.74, 6) is 0.101. The molecule has 222 valence electrons. The second kappa shape index (κ2) is 15.6. The van der Waals surface area contributed by atoms with Crippen molar-refractivity contribution in [2.24, 2.45) is 0 Å². The topological polar surface area (TPSA) is 84.9 Å². The first kappa shape index (κ1) is 31.3. The van der Waals surface area contributed by atoms with E-state index in [2.05, 4.69) is 5.32 Å². The Kier molecular flexibility index (Phi) is 11.3. The fraction of sp³-hybridized carbons (Fsp3) is 0.229. The highest BCUT2D eigenvalue weighted by Crippen LogP contribution is 2.26. The summed E-state index contributed by atoms with van der Waals surface area (Å²) in [7, 11) is 1.34. The van der Waals surface area contributed by atoms with Crippen molar-refractivity contribution in [3.8, 4) is 5.75 Å². The third kappa shape index (κ3) is 8.46. The van der Waals surface area contributed by atoms with Crippen LogP contribution in [-0.2, 0) is 20.7 Å². The van der Waals surface area contributed by atoms with Crippen molar-refractivity contribution >= 4 is 40.6 Å². The van der Waals surface area contributed by atoms with Gasteiger partial charge in [-0.2, -0.15) is 0 Å². The standard InChI is InChI=1S/C35H35ClN2O5/c1-3-33(39)38(32-17-10-8-15-29(32)36)22-11-23-43-27-20-18-25(19-21-27)24-31(35(41)42-2)37-30-16-9-7-14-28(30)34(40)26-12-5-4-6-13-26/h4-10,12-21,31,37H,3,11,22-24H2,1-2H3/t31-/m0/s1. The average molecular weight is 599 g/mol. The molecule has 1 atom stereocenters. The molecule has 0 aliphatic carbocycles. The van der Waals surface area contributed by atoms with E-state index in [1.165, 1.54) is 7.11 Å². The summed E-state index contributed by atoms with van der Waals surface area (Å²) in [5.41, 5.74) is 3.18. The van der Waals surface area contributed by atoms with Gasteiger partial charge in [-0.05, 0) is 48.4 Å². The average Bonchev–Trinajstić information content (AvgIpc) is 3.05. The third-order valence-corrected chi connectivity index (χ3v) is 7.25. The van der Waals surface area contributed by atoms with Crippen LogP contribution in [0.1, 0.15) is 41.3 Å². The SMILES string of the molecule is CCC(=O)N(CCCOc1ccc(C[C@H](Nc2ccccc2C(=O)c2ccccc2)C(=O)OC)cc1)c1ccccc1Cl. The number of anilines is 2. The van der Waals surface area contributed by atoms with Crippen LogP contribution >= 0.6 is 11.6 Å². The minimum Gasteiger partial charge on any atom is -0.494 e. The Balaban J connectivity index is 1.37. The van der Waals surface area contributed by atoms with Gasteiger partial charge < -0.3 is 19.7 Å². The summed E-state index contributed by atoms with van der Waals surface area (Å²) in [6, 6.07) is 30.2. The number of benzene rings is 4. The molecule has 0 aliphatic rings. The zero-order valence-corrected chi connectivity index (χ0v) is 25.1. The van der Waals surface area contributed by atoms with E-state index in [4.69, 9.17) is 21.1 Å². The van der Waals surface area contributed by atoms with E-state index in [1.54, 1.807) is 41.3 Å². The number of methoxy groups -OCH3 is 1. The number of ketones is 1. The highest BCUT2D eigenvalue weighted by Gasteiger charge is 2.23. The van der Waals surface area contributed by atoms with Crippen LogP contribution in [0.4, 0.5) is 11.4 Å². The Morgan fingerprint density at radius 2 is 1.53 bits per heavy atom. The molecule has 0 aliphatic heterocycles. The molecule has 4 aromatic rings. The van der Waals surface area contributed by atoms with E-state index in [0.29, 0.717) is 65.7 Å². The van der Waals surface area contributed by atoms with Crippen molar-refractivity contribution in [2.45, 2.75) is 32.2 Å². The van der Waals surface area contributed by atoms with Crippen molar-refractivity contribution in [3.63, 3.8) is 0 Å². The summed E-state index contributed by atoms with van der Waals surface area (Å²) in [4.78, 5) is 40.1. The van der Waals surface area contributed by atoms with Crippen LogP contribution in [0.25, 0.3) is 0 Å². The quantitative estimate of drug-likeness (QED) is 0.0957. The van der Waals surface area contributed by atoms with Crippen molar-refractivity contribution in [2.75, 3.05) is 30.5 Å². The normalized spacial score (nSPS) is 11.3. The van der Waals surface area contributed by atoms with Gasteiger partial charge in [0.25, 0.3) is 0 Å². The van der Waals surface area contributed by atoms with Crippen LogP contribution < -0.4 is 15.0 Å². The molecule has 1 N–H and O–H groups in total. The molecule has 0 heterocycles. The number of halogens is 1. The molecule has 0 bridgehead atoms. The van der Waals surface area contributed by atoms with Crippen molar-refractivity contribution < 1.29 is 23.9 Å². The largest absolute Gasteiger partial charge is 0.494 e. The molecule has 7 nitrogen and oxygen atoms in total. The number of rotatable bonds is 14. The lowest BCUT2D eigenvalue weighted by Crippen LogP contribution is -2.33. The maximum atomic E-state index is 13.2. The molecular formula is C35H35ClN2O5. The van der Waals surface area contributed by atoms with Crippen LogP contribution in [0.15, 0.2) is 103 Å². The van der Waals surface area contributed by atoms with Gasteiger partial charge in [0.2, 0.25) is 5.91 Å². The maximum absolute atomic E-state index is 13.2. The van der Waals surface area contributed by atoms with Gasteiger partial charge in [-0.3, -0.25) is 9.59 Å². The summed E-state index contributed by atoms with van der Waals surface area (Å²) in [6.07, 6.45) is 1.34. The molecular weight excluding hydrogens is 564 g/mol. The first-order chi connectivity index (χ1) is 20.9. The van der Waals surface area contributed by atoms with Gasteiger partial charge in [0.1, 0.15) is 11.8 Å². The van der Waals surface area contributed by atoms with Gasteiger partial charge >= 0.3 is 5.97 Å². The number of hydrogen-bond donors (Lipinski definition) is 1. The van der Waals surface area contributed by atoms with Crippen molar-refractivity contribution in [1.82, 2.24) is 0 Å². The lowest BCUT2D eigenvalue weighted by Gasteiger charge is -2.23. The minimum atomic E-state index is -0.714. The number of ether oxygens (including phenoxy) is 2. The van der Waals surface area contributed by atoms with Crippen LogP contribution in [0.3, 0.4) is 0 Å². The lowest BCUT2D eigenvalue weighted by molar-refractivity contribution is -0.141. The lowest BCUT2D eigenvalue weighted by atomic mass is 10.00. The number of nitrogens with one attached hydrogen (secondary N) is 1. The van der Waals surface area contributed by atoms with E-state index in [9.17, 15) is 14.4 Å². The van der Waals surface area contributed by atoms with Gasteiger partial charge in [-0.25, -0.2) is 4.79 Å². The van der Waals surface area contributed by atoms with Crippen LogP contribution in [0.5, 0.6) is 5.75 Å². The summed E-state index contributed by atoms with van der Waals surface area (Å²) in [5, 5.41) is 3.76. The molecule has 0 radical (unpaired) electrons. The van der Waals surface area contributed by atoms with Crippen LogP contribution in [0.2, 0.25) is 5.02 Å². The number of amides is 1. The van der Waals surface area contributed by atoms with Crippen molar-refractivity contribution in [1.29, 1.82) is 0 Å². The fourth-order valence-corrected chi connectivity index (χ4v) is 4.92. The van der Waals surface area contributed by atoms with Crippen LogP contribution in [-0.4, -0.2) is 44.0 Å². The van der Waals surface area contributed by atoms with E-state index < -0.39 is 12.0 Å². The number of para-hydroxylation sites is 2. The zero-order valence-electron chi connectivity index (χ0n) is 24.3. The molecule has 0 saturated heterocycles. The predicted molar refractivity (Wildman–Crippen MR) is 170 cm³/mol. The maximum Gasteiger partial charge on any atom is 0.328 e. The molecule has 43 heavy (non-hydrogen) atoms. The molecule has 0 saturated carbocycles. The molecule has 0 aromatic heterocycles. The Hall–Kier alpha value is -4.62. The Labute approximate surface area is 257 Å². The Morgan fingerprint density at radius 3 is 2.23 bits per heavy atom. The monoisotopic (exact) mass is 598 g/mol. The highest BCUT2D eigenvalue weighted by atomic mass is 35.5. The Morgan fingerprint density at radius 1 is 0.860 bits per heavy atom. The number of hydrogen-bond acceptors (Lipinski definition) is 6. The molecule has 4 aromatic carbocycles. The Bertz CT molecular complexity index is 1530. The third-order valence-electron chi connectivity index (χ3n) is 6.93. The van der Waals surface area contributed by atoms with Gasteiger partial charge in [0.05, 0.1) is 24.4 Å². The van der Waals surface area contributed by atoms with Crippen molar-refractivity contribution in [3.05, 3.63) is 125 Å². The molecule has 0 unspecified atom stereocenters. The number of nitrogens with zero attached hydrogens (tertiary/aromatic N) is 1. The number of esters is 1. The predicted octanol–water partition coefficient (Wildman–Crippen LogP) is 6.98. The summed E-state index contributed by atoms with van der Waals surface area (Å²) < 4.78 is 11.0. The number of carbonyl (C=O) groups excluding carboxylic acids is 3. The van der Waals surface area contributed by atoms with E-state index in [1.807, 2.05) is 73.7 Å². The van der Waals surface area contributed by atoms with Gasteiger partial charge in [0, 0.05) is 36.2 Å². The number of carbonyl (C=O) groups is 3. The minimum absolute atomic E-state index is 0.00159. The summed E-state index contributed by atoms with van der Waals surface area (Å²) in [6.45, 7) is 2.72. The van der Waals surface area contributed by atoms with Gasteiger partial charge in [-0.15, -0.1) is 0 Å². The molecule has 4 rings (SSSR count). The molecule has 0 spiro atoms. The van der Waals surface area contributed by atoms with Crippen LogP contribution in [0, 0.1) is 0 Å². The molecule has 0 fully saturated rings. The highest BCUT2D eigenvalue weighted by molar-refractivity contribution is 6.33. The van der Waals surface area contributed by atoms with E-state index >= 15 is 0 Å². The van der Waals surface area contributed by atoms with E-state index in [-0.39, 0.29) is 11.7 Å². The molecule has 1 amide bonds. The van der Waals surface area contributed by atoms with Gasteiger partial charge in [0.15, 0.2) is 5.78 Å². The van der Waals surface area contributed by atoms with Gasteiger partial charge in [-0.1, -0.05) is 85.3 Å². The first-order valence-corrected chi connectivity index (χ1v) is 14.6. The van der Waals surface area contributed by atoms with E-state index in [0.717, 1.165) is 5.56 Å². The summed E-state index contributed by atoms with van der Waals surface area (Å²) >= 11 is 6.33. The second-order valence-electron chi connectivity index (χ2n) is 9.86. The smallest absolute Gasteiger partial charge is 0.328 e. The zero-order chi connectivity index (χ0) is 30.6. The second-order valence-corrected chi connectivity index (χ2v) is 10.3. The fourth-order valence-electron chi connectivity index (χ4n) is 4.69. The first-order valence-electron chi connectivity index (χ1n) is 14.2. The molecule has 8 heteroatoms.